The van der Waals surface area contributed by atoms with Gasteiger partial charge in [-0.05, 0) is 71.6 Å². The molecule has 0 spiro atoms. The van der Waals surface area contributed by atoms with Gasteiger partial charge in [-0.3, -0.25) is 4.79 Å². The lowest BCUT2D eigenvalue weighted by Gasteiger charge is -2.18. The first kappa shape index (κ1) is 12.5. The second-order valence-electron chi connectivity index (χ2n) is 5.30. The molecule has 1 N–H and O–H groups in total. The van der Waals surface area contributed by atoms with E-state index >= 15 is 0 Å². The van der Waals surface area contributed by atoms with E-state index in [-0.39, 0.29) is 5.91 Å². The molecule has 0 aromatic heterocycles. The number of carbonyl (C=O) groups excluding carboxylic acids is 1. The molecule has 2 aliphatic rings. The van der Waals surface area contributed by atoms with E-state index in [0.29, 0.717) is 28.5 Å². The van der Waals surface area contributed by atoms with E-state index < -0.39 is 0 Å². The molecule has 0 atom stereocenters. The van der Waals surface area contributed by atoms with Crippen LogP contribution < -0.4 is 5.32 Å². The molecule has 0 heterocycles. The molecular weight excluding hydrogens is 314 g/mol. The number of nitrogens with one attached hydrogen (secondary N) is 1. The third-order valence-electron chi connectivity index (χ3n) is 3.73. The Morgan fingerprint density at radius 3 is 2.44 bits per heavy atom. The van der Waals surface area contributed by atoms with Crippen LogP contribution in [0.25, 0.3) is 0 Å². The van der Waals surface area contributed by atoms with Crippen LogP contribution in [0.4, 0.5) is 0 Å². The second kappa shape index (κ2) is 4.86. The topological polar surface area (TPSA) is 29.1 Å². The van der Waals surface area contributed by atoms with Crippen molar-refractivity contribution in [1.29, 1.82) is 0 Å². The summed E-state index contributed by atoms with van der Waals surface area (Å²) in [5, 5.41) is 3.79. The molecule has 2 nitrogen and oxygen atoms in total. The fourth-order valence-corrected chi connectivity index (χ4v) is 3.03. The van der Waals surface area contributed by atoms with Gasteiger partial charge >= 0.3 is 0 Å². The van der Waals surface area contributed by atoms with Crippen molar-refractivity contribution in [2.24, 2.45) is 11.8 Å². The number of benzene rings is 1. The van der Waals surface area contributed by atoms with Crippen LogP contribution in [0.15, 0.2) is 22.7 Å². The van der Waals surface area contributed by atoms with Gasteiger partial charge in [0.05, 0.1) is 5.56 Å². The molecule has 2 saturated carbocycles. The summed E-state index contributed by atoms with van der Waals surface area (Å²) in [6.45, 7) is 0. The molecule has 0 aliphatic heterocycles. The molecule has 1 aromatic rings. The van der Waals surface area contributed by atoms with E-state index in [4.69, 9.17) is 11.6 Å². The SMILES string of the molecule is O=C(NC(C1CC1)C1CC1)c1cc(Cl)ccc1Br. The molecule has 0 bridgehead atoms. The number of hydrogen-bond acceptors (Lipinski definition) is 1. The normalized spacial score (nSPS) is 19.1. The van der Waals surface area contributed by atoms with Gasteiger partial charge in [-0.25, -0.2) is 0 Å². The third kappa shape index (κ3) is 2.72. The quantitative estimate of drug-likeness (QED) is 0.888. The zero-order chi connectivity index (χ0) is 12.7. The highest BCUT2D eigenvalue weighted by atomic mass is 79.9. The summed E-state index contributed by atoms with van der Waals surface area (Å²) in [6.07, 6.45) is 5.05. The Morgan fingerprint density at radius 2 is 1.89 bits per heavy atom. The monoisotopic (exact) mass is 327 g/mol. The van der Waals surface area contributed by atoms with Crippen LogP contribution in [0.5, 0.6) is 0 Å². The fraction of sp³-hybridized carbons (Fsp3) is 0.500. The zero-order valence-electron chi connectivity index (χ0n) is 9.96. The van der Waals surface area contributed by atoms with E-state index in [0.717, 1.165) is 4.47 Å². The van der Waals surface area contributed by atoms with Crippen LogP contribution in [0.3, 0.4) is 0 Å². The van der Waals surface area contributed by atoms with E-state index in [1.54, 1.807) is 12.1 Å². The Morgan fingerprint density at radius 1 is 1.28 bits per heavy atom. The van der Waals surface area contributed by atoms with Gasteiger partial charge in [0.25, 0.3) is 5.91 Å². The van der Waals surface area contributed by atoms with Crippen molar-refractivity contribution in [2.75, 3.05) is 0 Å². The van der Waals surface area contributed by atoms with E-state index in [2.05, 4.69) is 21.2 Å². The Labute approximate surface area is 120 Å². The van der Waals surface area contributed by atoms with Crippen LogP contribution >= 0.6 is 27.5 Å². The second-order valence-corrected chi connectivity index (χ2v) is 6.59. The molecule has 18 heavy (non-hydrogen) atoms. The smallest absolute Gasteiger partial charge is 0.252 e. The Hall–Kier alpha value is -0.540. The summed E-state index contributed by atoms with van der Waals surface area (Å²) in [6, 6.07) is 5.70. The predicted molar refractivity (Wildman–Crippen MR) is 75.9 cm³/mol. The lowest BCUT2D eigenvalue weighted by Crippen LogP contribution is -2.38. The Kier molecular flexibility index (Phi) is 3.37. The summed E-state index contributed by atoms with van der Waals surface area (Å²) in [5.74, 6) is 1.41. The number of hydrogen-bond donors (Lipinski definition) is 1. The summed E-state index contributed by atoms with van der Waals surface area (Å²) in [4.78, 5) is 12.3. The minimum absolute atomic E-state index is 0.00632. The summed E-state index contributed by atoms with van der Waals surface area (Å²) in [5.41, 5.74) is 0.633. The van der Waals surface area contributed by atoms with Crippen molar-refractivity contribution in [2.45, 2.75) is 31.7 Å². The van der Waals surface area contributed by atoms with Crippen molar-refractivity contribution in [3.63, 3.8) is 0 Å². The van der Waals surface area contributed by atoms with Gasteiger partial charge in [-0.2, -0.15) is 0 Å². The summed E-state index contributed by atoms with van der Waals surface area (Å²) < 4.78 is 0.801. The van der Waals surface area contributed by atoms with Crippen molar-refractivity contribution in [3.05, 3.63) is 33.3 Å². The lowest BCUT2D eigenvalue weighted by molar-refractivity contribution is 0.0925. The summed E-state index contributed by atoms with van der Waals surface area (Å²) >= 11 is 9.35. The molecule has 1 amide bonds. The molecule has 2 aliphatic carbocycles. The van der Waals surface area contributed by atoms with E-state index in [1.165, 1.54) is 25.7 Å². The Bertz CT molecular complexity index is 471. The molecule has 0 unspecified atom stereocenters. The van der Waals surface area contributed by atoms with E-state index in [9.17, 15) is 4.79 Å². The Balaban J connectivity index is 1.75. The minimum Gasteiger partial charge on any atom is -0.349 e. The first-order valence-electron chi connectivity index (χ1n) is 6.41. The van der Waals surface area contributed by atoms with Crippen LogP contribution in [0.1, 0.15) is 36.0 Å². The maximum atomic E-state index is 12.3. The number of halogens is 2. The molecule has 96 valence electrons. The van der Waals surface area contributed by atoms with Crippen molar-refractivity contribution < 1.29 is 4.79 Å². The average molecular weight is 329 g/mol. The maximum Gasteiger partial charge on any atom is 0.252 e. The highest BCUT2D eigenvalue weighted by molar-refractivity contribution is 9.10. The van der Waals surface area contributed by atoms with Gasteiger partial charge in [0.2, 0.25) is 0 Å². The zero-order valence-corrected chi connectivity index (χ0v) is 12.3. The highest BCUT2D eigenvalue weighted by Crippen LogP contribution is 2.44. The van der Waals surface area contributed by atoms with Crippen LogP contribution in [-0.2, 0) is 0 Å². The molecule has 4 heteroatoms. The number of carbonyl (C=O) groups is 1. The number of rotatable bonds is 4. The van der Waals surface area contributed by atoms with Gasteiger partial charge < -0.3 is 5.32 Å². The lowest BCUT2D eigenvalue weighted by atomic mass is 10.1. The third-order valence-corrected chi connectivity index (χ3v) is 4.66. The molecular formula is C14H15BrClNO. The first-order chi connectivity index (χ1) is 8.65. The van der Waals surface area contributed by atoms with Crippen LogP contribution in [0, 0.1) is 11.8 Å². The minimum atomic E-state index is -0.00632. The van der Waals surface area contributed by atoms with Crippen molar-refractivity contribution >= 4 is 33.4 Å². The van der Waals surface area contributed by atoms with Crippen molar-refractivity contribution in [1.82, 2.24) is 5.32 Å². The van der Waals surface area contributed by atoms with Gasteiger partial charge in [0.15, 0.2) is 0 Å². The first-order valence-corrected chi connectivity index (χ1v) is 7.58. The molecule has 1 aromatic carbocycles. The molecule has 3 rings (SSSR count). The number of amides is 1. The summed E-state index contributed by atoms with van der Waals surface area (Å²) in [7, 11) is 0. The maximum absolute atomic E-state index is 12.3. The molecule has 0 radical (unpaired) electrons. The van der Waals surface area contributed by atoms with Crippen molar-refractivity contribution in [3.8, 4) is 0 Å². The van der Waals surface area contributed by atoms with Crippen LogP contribution in [-0.4, -0.2) is 11.9 Å². The van der Waals surface area contributed by atoms with Gasteiger partial charge in [0, 0.05) is 15.5 Å². The molecule has 0 saturated heterocycles. The average Bonchev–Trinajstić information content (AvgIpc) is 3.21. The largest absolute Gasteiger partial charge is 0.349 e. The predicted octanol–water partition coefficient (Wildman–Crippen LogP) is 4.02. The van der Waals surface area contributed by atoms with E-state index in [1.807, 2.05) is 6.07 Å². The molecule has 2 fully saturated rings. The van der Waals surface area contributed by atoms with Crippen LogP contribution in [0.2, 0.25) is 5.02 Å². The van der Waals surface area contributed by atoms with Gasteiger partial charge in [0.1, 0.15) is 0 Å². The van der Waals surface area contributed by atoms with Gasteiger partial charge in [-0.15, -0.1) is 0 Å². The highest BCUT2D eigenvalue weighted by Gasteiger charge is 2.42. The fourth-order valence-electron chi connectivity index (χ4n) is 2.43. The van der Waals surface area contributed by atoms with Gasteiger partial charge in [-0.1, -0.05) is 11.6 Å². The standard InChI is InChI=1S/C14H15BrClNO/c15-12-6-5-10(16)7-11(12)14(18)17-13(8-1-2-8)9-3-4-9/h5-9,13H,1-4H2,(H,17,18).